The van der Waals surface area contributed by atoms with E-state index in [1.165, 1.54) is 0 Å². The first-order chi connectivity index (χ1) is 10.2. The van der Waals surface area contributed by atoms with Crippen molar-refractivity contribution in [1.82, 2.24) is 19.6 Å². The maximum atomic E-state index is 12.7. The van der Waals surface area contributed by atoms with Crippen LogP contribution in [0.2, 0.25) is 0 Å². The van der Waals surface area contributed by atoms with Crippen LogP contribution in [0.15, 0.2) is 6.20 Å². The molecule has 0 aliphatic carbocycles. The van der Waals surface area contributed by atoms with Crippen LogP contribution in [0.25, 0.3) is 0 Å². The lowest BCUT2D eigenvalue weighted by atomic mass is 10.2. The van der Waals surface area contributed by atoms with E-state index < -0.39 is 0 Å². The summed E-state index contributed by atoms with van der Waals surface area (Å²) in [5, 5.41) is 4.37. The van der Waals surface area contributed by atoms with Crippen molar-refractivity contribution in [3.05, 3.63) is 17.5 Å². The van der Waals surface area contributed by atoms with E-state index in [1.54, 1.807) is 4.68 Å². The minimum absolute atomic E-state index is 0.126. The Bertz CT molecular complexity index is 471. The molecule has 1 fully saturated rings. The Kier molecular flexibility index (Phi) is 5.76. The monoisotopic (exact) mass is 293 g/mol. The smallest absolute Gasteiger partial charge is 0.257 e. The summed E-state index contributed by atoms with van der Waals surface area (Å²) < 4.78 is 1.73. The first-order valence-electron chi connectivity index (χ1n) is 7.90. The minimum Gasteiger partial charge on any atom is -0.337 e. The van der Waals surface area contributed by atoms with Gasteiger partial charge >= 0.3 is 0 Å². The van der Waals surface area contributed by atoms with E-state index >= 15 is 0 Å². The van der Waals surface area contributed by atoms with Gasteiger partial charge in [0.2, 0.25) is 0 Å². The summed E-state index contributed by atoms with van der Waals surface area (Å²) in [6.45, 7) is 7.42. The highest BCUT2D eigenvalue weighted by molar-refractivity contribution is 5.95. The zero-order chi connectivity index (χ0) is 15.2. The Morgan fingerprint density at radius 3 is 2.86 bits per heavy atom. The number of nitrogens with zero attached hydrogens (tertiary/aromatic N) is 4. The summed E-state index contributed by atoms with van der Waals surface area (Å²) in [5.41, 5.74) is 7.22. The maximum absolute atomic E-state index is 12.7. The number of hydrogen-bond donors (Lipinski definition) is 1. The number of aryl methyl sites for hydroxylation is 2. The maximum Gasteiger partial charge on any atom is 0.257 e. The van der Waals surface area contributed by atoms with Gasteiger partial charge in [0, 0.05) is 32.9 Å². The van der Waals surface area contributed by atoms with Crippen molar-refractivity contribution in [2.45, 2.75) is 26.2 Å². The second-order valence-corrected chi connectivity index (χ2v) is 5.65. The van der Waals surface area contributed by atoms with Crippen LogP contribution in [0.4, 0.5) is 0 Å². The van der Waals surface area contributed by atoms with E-state index in [0.29, 0.717) is 0 Å². The fraction of sp³-hybridized carbons (Fsp3) is 0.733. The van der Waals surface area contributed by atoms with Gasteiger partial charge < -0.3 is 15.5 Å². The predicted molar refractivity (Wildman–Crippen MR) is 83.2 cm³/mol. The van der Waals surface area contributed by atoms with Gasteiger partial charge in [0.15, 0.2) is 0 Å². The molecule has 2 N–H and O–H groups in total. The van der Waals surface area contributed by atoms with Gasteiger partial charge in [-0.05, 0) is 38.9 Å². The Morgan fingerprint density at radius 2 is 2.14 bits per heavy atom. The van der Waals surface area contributed by atoms with Crippen LogP contribution < -0.4 is 5.73 Å². The number of hydrogen-bond acceptors (Lipinski definition) is 4. The lowest BCUT2D eigenvalue weighted by Gasteiger charge is -2.21. The van der Waals surface area contributed by atoms with Crippen molar-refractivity contribution in [3.8, 4) is 0 Å². The molecule has 1 amide bonds. The van der Waals surface area contributed by atoms with E-state index in [9.17, 15) is 4.79 Å². The third-order valence-electron chi connectivity index (χ3n) is 4.02. The fourth-order valence-corrected chi connectivity index (χ4v) is 2.86. The topological polar surface area (TPSA) is 67.4 Å². The van der Waals surface area contributed by atoms with Crippen molar-refractivity contribution in [1.29, 1.82) is 0 Å². The zero-order valence-electron chi connectivity index (χ0n) is 13.2. The molecule has 118 valence electrons. The summed E-state index contributed by atoms with van der Waals surface area (Å²) >= 11 is 0. The van der Waals surface area contributed by atoms with Crippen LogP contribution in [0.1, 0.15) is 35.8 Å². The first-order valence-corrected chi connectivity index (χ1v) is 7.90. The highest BCUT2D eigenvalue weighted by atomic mass is 16.2. The van der Waals surface area contributed by atoms with Crippen molar-refractivity contribution in [2.24, 2.45) is 12.8 Å². The van der Waals surface area contributed by atoms with E-state index in [0.717, 1.165) is 69.8 Å². The summed E-state index contributed by atoms with van der Waals surface area (Å²) in [6, 6.07) is 0. The molecule has 0 saturated carbocycles. The molecule has 1 aromatic rings. The average Bonchev–Trinajstić information content (AvgIpc) is 2.71. The molecule has 0 unspecified atom stereocenters. The number of amides is 1. The molecule has 1 aliphatic heterocycles. The Hall–Kier alpha value is -1.40. The van der Waals surface area contributed by atoms with Gasteiger partial charge in [-0.15, -0.1) is 0 Å². The first kappa shape index (κ1) is 16.0. The molecule has 0 spiro atoms. The third kappa shape index (κ3) is 4.04. The van der Waals surface area contributed by atoms with Gasteiger partial charge in [-0.2, -0.15) is 5.10 Å². The van der Waals surface area contributed by atoms with Crippen molar-refractivity contribution in [2.75, 3.05) is 39.3 Å². The molecule has 1 aromatic heterocycles. The van der Waals surface area contributed by atoms with Crippen LogP contribution in [-0.4, -0.2) is 64.8 Å². The van der Waals surface area contributed by atoms with E-state index in [-0.39, 0.29) is 5.91 Å². The largest absolute Gasteiger partial charge is 0.337 e. The molecular weight excluding hydrogens is 266 g/mol. The lowest BCUT2D eigenvalue weighted by Crippen LogP contribution is -2.36. The minimum atomic E-state index is 0.126. The normalized spacial score (nSPS) is 17.0. The molecule has 0 radical (unpaired) electrons. The van der Waals surface area contributed by atoms with Crippen LogP contribution in [0.3, 0.4) is 0 Å². The number of aromatic nitrogens is 2. The number of nitrogens with two attached hydrogens (primary N) is 1. The predicted octanol–water partition coefficient (Wildman–Crippen LogP) is 0.479. The summed E-state index contributed by atoms with van der Waals surface area (Å²) in [6.07, 6.45) is 4.69. The Balaban J connectivity index is 1.99. The van der Waals surface area contributed by atoms with Gasteiger partial charge in [-0.1, -0.05) is 6.92 Å². The second-order valence-electron chi connectivity index (χ2n) is 5.65. The Labute approximate surface area is 126 Å². The van der Waals surface area contributed by atoms with Gasteiger partial charge in [0.1, 0.15) is 0 Å². The highest BCUT2D eigenvalue weighted by Crippen LogP contribution is 2.13. The Morgan fingerprint density at radius 1 is 1.33 bits per heavy atom. The van der Waals surface area contributed by atoms with Gasteiger partial charge in [0.05, 0.1) is 11.3 Å². The number of carbonyl (C=O) groups is 1. The SMILES string of the molecule is CCc1nn(C)cc1C(=O)N1CCCN(CCCN)CC1. The molecule has 2 rings (SSSR count). The molecule has 0 aromatic carbocycles. The van der Waals surface area contributed by atoms with Crippen LogP contribution in [0, 0.1) is 0 Å². The molecular formula is C15H27N5O. The van der Waals surface area contributed by atoms with Gasteiger partial charge in [-0.25, -0.2) is 0 Å². The molecule has 6 heteroatoms. The van der Waals surface area contributed by atoms with Gasteiger partial charge in [0.25, 0.3) is 5.91 Å². The average molecular weight is 293 g/mol. The number of rotatable bonds is 5. The molecule has 0 bridgehead atoms. The fourth-order valence-electron chi connectivity index (χ4n) is 2.86. The molecule has 0 atom stereocenters. The number of carbonyl (C=O) groups excluding carboxylic acids is 1. The quantitative estimate of drug-likeness (QED) is 0.857. The third-order valence-corrected chi connectivity index (χ3v) is 4.02. The van der Waals surface area contributed by atoms with Crippen LogP contribution in [-0.2, 0) is 13.5 Å². The van der Waals surface area contributed by atoms with Crippen molar-refractivity contribution < 1.29 is 4.79 Å². The molecule has 2 heterocycles. The van der Waals surface area contributed by atoms with Crippen LogP contribution >= 0.6 is 0 Å². The zero-order valence-corrected chi connectivity index (χ0v) is 13.2. The second kappa shape index (κ2) is 7.56. The van der Waals surface area contributed by atoms with Crippen molar-refractivity contribution >= 4 is 5.91 Å². The summed E-state index contributed by atoms with van der Waals surface area (Å²) in [7, 11) is 1.87. The van der Waals surface area contributed by atoms with E-state index in [1.807, 2.05) is 25.1 Å². The lowest BCUT2D eigenvalue weighted by molar-refractivity contribution is 0.0760. The van der Waals surface area contributed by atoms with E-state index in [2.05, 4.69) is 10.00 Å². The highest BCUT2D eigenvalue weighted by Gasteiger charge is 2.23. The van der Waals surface area contributed by atoms with E-state index in [4.69, 9.17) is 5.73 Å². The standard InChI is InChI=1S/C15H27N5O/c1-3-14-13(12-18(2)17-14)15(21)20-9-5-8-19(10-11-20)7-4-6-16/h12H,3-11,16H2,1-2H3. The molecule has 21 heavy (non-hydrogen) atoms. The molecule has 6 nitrogen and oxygen atoms in total. The van der Waals surface area contributed by atoms with Crippen LogP contribution in [0.5, 0.6) is 0 Å². The summed E-state index contributed by atoms with van der Waals surface area (Å²) in [5.74, 6) is 0.126. The molecule has 1 saturated heterocycles. The molecule has 1 aliphatic rings. The summed E-state index contributed by atoms with van der Waals surface area (Å²) in [4.78, 5) is 17.1. The van der Waals surface area contributed by atoms with Gasteiger partial charge in [-0.3, -0.25) is 9.48 Å². The van der Waals surface area contributed by atoms with Crippen molar-refractivity contribution in [3.63, 3.8) is 0 Å².